The average molecular weight is 453 g/mol. The summed E-state index contributed by atoms with van der Waals surface area (Å²) >= 11 is 0. The predicted molar refractivity (Wildman–Crippen MR) is 129 cm³/mol. The zero-order chi connectivity index (χ0) is 23.6. The Morgan fingerprint density at radius 2 is 1.70 bits per heavy atom. The van der Waals surface area contributed by atoms with Crippen LogP contribution in [-0.4, -0.2) is 25.0 Å². The molecule has 178 valence electrons. The van der Waals surface area contributed by atoms with Gasteiger partial charge in [0.1, 0.15) is 12.6 Å². The van der Waals surface area contributed by atoms with Crippen molar-refractivity contribution in [2.24, 2.45) is 11.8 Å². The first-order valence-corrected chi connectivity index (χ1v) is 11.9. The maximum atomic E-state index is 12.9. The number of amides is 2. The minimum atomic E-state index is -0.546. The number of carbonyl (C=O) groups is 2. The molecule has 2 aromatic carbocycles. The minimum absolute atomic E-state index is 0.000777. The van der Waals surface area contributed by atoms with Gasteiger partial charge in [-0.25, -0.2) is 0 Å². The van der Waals surface area contributed by atoms with Crippen LogP contribution < -0.4 is 20.1 Å². The molecule has 0 aliphatic heterocycles. The number of carbonyl (C=O) groups excluding carboxylic acids is 2. The highest BCUT2D eigenvalue weighted by Gasteiger charge is 2.28. The molecule has 2 amide bonds. The van der Waals surface area contributed by atoms with Crippen molar-refractivity contribution >= 4 is 11.8 Å². The third-order valence-electron chi connectivity index (χ3n) is 6.15. The fourth-order valence-corrected chi connectivity index (χ4v) is 4.15. The van der Waals surface area contributed by atoms with Gasteiger partial charge in [0.25, 0.3) is 0 Å². The van der Waals surface area contributed by atoms with Crippen LogP contribution in [0, 0.1) is 11.8 Å². The summed E-state index contributed by atoms with van der Waals surface area (Å²) in [5.74, 6) is 1.13. The Morgan fingerprint density at radius 1 is 0.970 bits per heavy atom. The molecule has 0 radical (unpaired) electrons. The summed E-state index contributed by atoms with van der Waals surface area (Å²) in [6.07, 6.45) is 5.19. The monoisotopic (exact) mass is 452 g/mol. The zero-order valence-electron chi connectivity index (χ0n) is 19.9. The van der Waals surface area contributed by atoms with Crippen molar-refractivity contribution in [3.63, 3.8) is 0 Å². The van der Waals surface area contributed by atoms with E-state index in [0.717, 1.165) is 36.8 Å². The normalized spacial score (nSPS) is 15.0. The molecule has 0 heterocycles. The number of benzene rings is 2. The first-order chi connectivity index (χ1) is 16.0. The zero-order valence-corrected chi connectivity index (χ0v) is 19.9. The Hall–Kier alpha value is -3.02. The third kappa shape index (κ3) is 7.24. The highest BCUT2D eigenvalue weighted by molar-refractivity contribution is 5.88. The van der Waals surface area contributed by atoms with E-state index in [1.54, 1.807) is 7.11 Å². The molecule has 1 unspecified atom stereocenters. The molecular formula is C27H36N2O4. The largest absolute Gasteiger partial charge is 0.493 e. The number of nitrogens with one attached hydrogen (secondary N) is 2. The van der Waals surface area contributed by atoms with Crippen LogP contribution >= 0.6 is 0 Å². The molecule has 1 atom stereocenters. The van der Waals surface area contributed by atoms with Gasteiger partial charge in [0.2, 0.25) is 11.8 Å². The lowest BCUT2D eigenvalue weighted by molar-refractivity contribution is -0.132. The van der Waals surface area contributed by atoms with Crippen molar-refractivity contribution in [1.82, 2.24) is 10.6 Å². The van der Waals surface area contributed by atoms with Crippen molar-refractivity contribution in [3.8, 4) is 11.5 Å². The van der Waals surface area contributed by atoms with Crippen LogP contribution in [0.4, 0.5) is 0 Å². The van der Waals surface area contributed by atoms with Crippen molar-refractivity contribution < 1.29 is 19.1 Å². The van der Waals surface area contributed by atoms with Gasteiger partial charge in [-0.2, -0.15) is 0 Å². The lowest BCUT2D eigenvalue weighted by Crippen LogP contribution is -2.51. The molecule has 3 rings (SSSR count). The Kier molecular flexibility index (Phi) is 9.16. The van der Waals surface area contributed by atoms with Gasteiger partial charge in [0, 0.05) is 12.5 Å². The molecule has 6 nitrogen and oxygen atoms in total. The standard InChI is InChI=1S/C27H36N2O4/c1-19(2)25(29-26(30)22-12-8-5-9-13-22)27(31)28-17-21-14-15-23(24(16-21)32-3)33-18-20-10-6-4-7-11-20/h4,6-7,10-11,14-16,19,22,25H,5,8-9,12-13,17-18H2,1-3H3,(H,28,31)(H,29,30). The van der Waals surface area contributed by atoms with Gasteiger partial charge >= 0.3 is 0 Å². The first kappa shape index (κ1) is 24.6. The number of hydrogen-bond acceptors (Lipinski definition) is 4. The lowest BCUT2D eigenvalue weighted by Gasteiger charge is -2.26. The van der Waals surface area contributed by atoms with Crippen LogP contribution in [-0.2, 0) is 22.7 Å². The van der Waals surface area contributed by atoms with E-state index in [1.165, 1.54) is 6.42 Å². The van der Waals surface area contributed by atoms with E-state index in [2.05, 4.69) is 10.6 Å². The van der Waals surface area contributed by atoms with Crippen molar-refractivity contribution in [1.29, 1.82) is 0 Å². The summed E-state index contributed by atoms with van der Waals surface area (Å²) in [6, 6.07) is 15.0. The average Bonchev–Trinajstić information content (AvgIpc) is 2.85. The molecule has 2 aromatic rings. The summed E-state index contributed by atoms with van der Waals surface area (Å²) < 4.78 is 11.4. The SMILES string of the molecule is COc1cc(CNC(=O)C(NC(=O)C2CCCCC2)C(C)C)ccc1OCc1ccccc1. The van der Waals surface area contributed by atoms with Gasteiger partial charge < -0.3 is 20.1 Å². The predicted octanol–water partition coefficient (Wildman–Crippen LogP) is 4.61. The summed E-state index contributed by atoms with van der Waals surface area (Å²) in [5.41, 5.74) is 1.97. The topological polar surface area (TPSA) is 76.7 Å². The van der Waals surface area contributed by atoms with E-state index >= 15 is 0 Å². The molecule has 0 spiro atoms. The van der Waals surface area contributed by atoms with E-state index in [4.69, 9.17) is 9.47 Å². The Balaban J connectivity index is 1.56. The van der Waals surface area contributed by atoms with Crippen molar-refractivity contribution in [2.75, 3.05) is 7.11 Å². The molecule has 1 aliphatic rings. The Labute approximate surface area is 197 Å². The summed E-state index contributed by atoms with van der Waals surface area (Å²) in [6.45, 7) is 4.70. The summed E-state index contributed by atoms with van der Waals surface area (Å²) in [4.78, 5) is 25.5. The maximum absolute atomic E-state index is 12.9. The highest BCUT2D eigenvalue weighted by Crippen LogP contribution is 2.29. The van der Waals surface area contributed by atoms with Gasteiger partial charge in [-0.15, -0.1) is 0 Å². The molecule has 0 aromatic heterocycles. The van der Waals surface area contributed by atoms with Crippen molar-refractivity contribution in [2.45, 2.75) is 65.1 Å². The fourth-order valence-electron chi connectivity index (χ4n) is 4.15. The van der Waals surface area contributed by atoms with Gasteiger partial charge in [0.05, 0.1) is 7.11 Å². The summed E-state index contributed by atoms with van der Waals surface area (Å²) in [5, 5.41) is 5.96. The van der Waals surface area contributed by atoms with Crippen LogP contribution in [0.25, 0.3) is 0 Å². The Morgan fingerprint density at radius 3 is 2.36 bits per heavy atom. The second-order valence-corrected chi connectivity index (χ2v) is 9.04. The maximum Gasteiger partial charge on any atom is 0.243 e. The van der Waals surface area contributed by atoms with Crippen LogP contribution in [0.5, 0.6) is 11.5 Å². The number of rotatable bonds is 10. The lowest BCUT2D eigenvalue weighted by atomic mass is 9.88. The quantitative estimate of drug-likeness (QED) is 0.552. The molecule has 6 heteroatoms. The smallest absolute Gasteiger partial charge is 0.243 e. The second-order valence-electron chi connectivity index (χ2n) is 9.04. The van der Waals surface area contributed by atoms with E-state index in [0.29, 0.717) is 24.7 Å². The first-order valence-electron chi connectivity index (χ1n) is 11.9. The van der Waals surface area contributed by atoms with Crippen LogP contribution in [0.1, 0.15) is 57.1 Å². The molecule has 0 saturated heterocycles. The van der Waals surface area contributed by atoms with Gasteiger partial charge in [-0.05, 0) is 42.0 Å². The van der Waals surface area contributed by atoms with Crippen LogP contribution in [0.2, 0.25) is 0 Å². The van der Waals surface area contributed by atoms with Gasteiger partial charge in [0.15, 0.2) is 11.5 Å². The van der Waals surface area contributed by atoms with Gasteiger partial charge in [-0.1, -0.05) is 69.5 Å². The van der Waals surface area contributed by atoms with E-state index in [-0.39, 0.29) is 23.7 Å². The highest BCUT2D eigenvalue weighted by atomic mass is 16.5. The van der Waals surface area contributed by atoms with Crippen LogP contribution in [0.15, 0.2) is 48.5 Å². The van der Waals surface area contributed by atoms with E-state index < -0.39 is 6.04 Å². The molecule has 33 heavy (non-hydrogen) atoms. The molecule has 1 fully saturated rings. The number of hydrogen-bond donors (Lipinski definition) is 2. The van der Waals surface area contributed by atoms with E-state index in [9.17, 15) is 9.59 Å². The van der Waals surface area contributed by atoms with Crippen molar-refractivity contribution in [3.05, 3.63) is 59.7 Å². The fraction of sp³-hybridized carbons (Fsp3) is 0.481. The minimum Gasteiger partial charge on any atom is -0.493 e. The van der Waals surface area contributed by atoms with E-state index in [1.807, 2.05) is 62.4 Å². The number of ether oxygens (including phenoxy) is 2. The molecule has 2 N–H and O–H groups in total. The van der Waals surface area contributed by atoms with Crippen LogP contribution in [0.3, 0.4) is 0 Å². The molecular weight excluding hydrogens is 416 g/mol. The van der Waals surface area contributed by atoms with Gasteiger partial charge in [-0.3, -0.25) is 9.59 Å². The molecule has 1 aliphatic carbocycles. The second kappa shape index (κ2) is 12.3. The third-order valence-corrected chi connectivity index (χ3v) is 6.15. The molecule has 1 saturated carbocycles. The molecule has 0 bridgehead atoms. The Bertz CT molecular complexity index is 908. The summed E-state index contributed by atoms with van der Waals surface area (Å²) in [7, 11) is 1.60. The number of methoxy groups -OCH3 is 1.